The summed E-state index contributed by atoms with van der Waals surface area (Å²) in [6, 6.07) is 6.69. The van der Waals surface area contributed by atoms with Crippen LogP contribution in [0.25, 0.3) is 0 Å². The van der Waals surface area contributed by atoms with Crippen LogP contribution in [0.3, 0.4) is 0 Å². The lowest BCUT2D eigenvalue weighted by atomic mass is 10.1. The maximum atomic E-state index is 12.6. The van der Waals surface area contributed by atoms with Crippen LogP contribution in [0, 0.1) is 0 Å². The molecular formula is C18H27N3O. The van der Waals surface area contributed by atoms with E-state index in [2.05, 4.69) is 34.6 Å². The molecule has 2 N–H and O–H groups in total. The standard InChI is InChI=1S/C18H27N3O/c1-2-3-8-19-11-14-6-7-17-15(10-14)13-21(18(17)22)16-5-4-9-20-12-16/h6-7,10,16,19-20H,2-5,8-9,11-13H2,1H3. The van der Waals surface area contributed by atoms with Gasteiger partial charge in [-0.3, -0.25) is 4.79 Å². The largest absolute Gasteiger partial charge is 0.330 e. The molecule has 0 bridgehead atoms. The SMILES string of the molecule is CCCCNCc1ccc2c(c1)CN(C1CCCNC1)C2=O. The smallest absolute Gasteiger partial charge is 0.254 e. The minimum absolute atomic E-state index is 0.217. The zero-order chi connectivity index (χ0) is 15.4. The lowest BCUT2D eigenvalue weighted by molar-refractivity contribution is 0.0674. The van der Waals surface area contributed by atoms with Crippen molar-refractivity contribution in [1.29, 1.82) is 0 Å². The first kappa shape index (κ1) is 15.5. The van der Waals surface area contributed by atoms with E-state index in [-0.39, 0.29) is 5.91 Å². The summed E-state index contributed by atoms with van der Waals surface area (Å²) in [5.41, 5.74) is 3.39. The van der Waals surface area contributed by atoms with Crippen LogP contribution in [0.2, 0.25) is 0 Å². The fraction of sp³-hybridized carbons (Fsp3) is 0.611. The van der Waals surface area contributed by atoms with Gasteiger partial charge in [-0.1, -0.05) is 25.5 Å². The first-order valence-corrected chi connectivity index (χ1v) is 8.64. The van der Waals surface area contributed by atoms with E-state index >= 15 is 0 Å². The summed E-state index contributed by atoms with van der Waals surface area (Å²) in [6.07, 6.45) is 4.72. The minimum atomic E-state index is 0.217. The number of nitrogens with one attached hydrogen (secondary N) is 2. The van der Waals surface area contributed by atoms with Crippen molar-refractivity contribution in [3.63, 3.8) is 0 Å². The molecule has 120 valence electrons. The van der Waals surface area contributed by atoms with Crippen LogP contribution in [0.15, 0.2) is 18.2 Å². The molecule has 2 aliphatic heterocycles. The van der Waals surface area contributed by atoms with Crippen molar-refractivity contribution in [2.75, 3.05) is 19.6 Å². The average molecular weight is 301 g/mol. The van der Waals surface area contributed by atoms with E-state index in [1.54, 1.807) is 0 Å². The molecule has 22 heavy (non-hydrogen) atoms. The molecule has 2 heterocycles. The Morgan fingerprint density at radius 3 is 3.09 bits per heavy atom. The average Bonchev–Trinajstić information content (AvgIpc) is 2.89. The quantitative estimate of drug-likeness (QED) is 0.792. The number of piperidine rings is 1. The number of hydrogen-bond donors (Lipinski definition) is 2. The van der Waals surface area contributed by atoms with Gasteiger partial charge < -0.3 is 15.5 Å². The minimum Gasteiger partial charge on any atom is -0.330 e. The van der Waals surface area contributed by atoms with Crippen LogP contribution >= 0.6 is 0 Å². The second-order valence-corrected chi connectivity index (χ2v) is 6.46. The summed E-state index contributed by atoms with van der Waals surface area (Å²) in [6.45, 7) is 6.96. The molecule has 0 aromatic heterocycles. The molecule has 3 rings (SSSR count). The van der Waals surface area contributed by atoms with Crippen LogP contribution in [-0.2, 0) is 13.1 Å². The fourth-order valence-corrected chi connectivity index (χ4v) is 3.44. The van der Waals surface area contributed by atoms with Crippen molar-refractivity contribution >= 4 is 5.91 Å². The first-order valence-electron chi connectivity index (χ1n) is 8.64. The van der Waals surface area contributed by atoms with Crippen molar-refractivity contribution in [2.24, 2.45) is 0 Å². The first-order chi connectivity index (χ1) is 10.8. The number of unbranched alkanes of at least 4 members (excludes halogenated alkanes) is 1. The fourth-order valence-electron chi connectivity index (χ4n) is 3.44. The summed E-state index contributed by atoms with van der Waals surface area (Å²) in [7, 11) is 0. The zero-order valence-corrected chi connectivity index (χ0v) is 13.5. The van der Waals surface area contributed by atoms with Gasteiger partial charge in [0.15, 0.2) is 0 Å². The molecule has 0 aliphatic carbocycles. The van der Waals surface area contributed by atoms with E-state index < -0.39 is 0 Å². The lowest BCUT2D eigenvalue weighted by Gasteiger charge is -2.31. The number of nitrogens with zero attached hydrogens (tertiary/aromatic N) is 1. The molecule has 4 nitrogen and oxygen atoms in total. The van der Waals surface area contributed by atoms with Crippen molar-refractivity contribution in [2.45, 2.75) is 51.7 Å². The van der Waals surface area contributed by atoms with Gasteiger partial charge in [0.1, 0.15) is 0 Å². The molecule has 0 radical (unpaired) electrons. The van der Waals surface area contributed by atoms with Crippen LogP contribution in [0.4, 0.5) is 0 Å². The summed E-state index contributed by atoms with van der Waals surface area (Å²) in [5.74, 6) is 0.217. The molecular weight excluding hydrogens is 274 g/mol. The predicted octanol–water partition coefficient (Wildman–Crippen LogP) is 2.28. The molecule has 1 aromatic carbocycles. The number of rotatable bonds is 6. The molecule has 1 atom stereocenters. The molecule has 4 heteroatoms. The molecule has 1 amide bonds. The Morgan fingerprint density at radius 2 is 2.32 bits per heavy atom. The lowest BCUT2D eigenvalue weighted by Crippen LogP contribution is -2.46. The highest BCUT2D eigenvalue weighted by molar-refractivity contribution is 5.98. The monoisotopic (exact) mass is 301 g/mol. The molecule has 1 saturated heterocycles. The summed E-state index contributed by atoms with van der Waals surface area (Å²) < 4.78 is 0. The van der Waals surface area contributed by atoms with Gasteiger partial charge in [0.2, 0.25) is 0 Å². The van der Waals surface area contributed by atoms with Crippen LogP contribution in [0.1, 0.15) is 54.1 Å². The van der Waals surface area contributed by atoms with Gasteiger partial charge in [-0.15, -0.1) is 0 Å². The number of hydrogen-bond acceptors (Lipinski definition) is 3. The Balaban J connectivity index is 1.64. The second kappa shape index (κ2) is 7.25. The number of amides is 1. The Hall–Kier alpha value is -1.39. The van der Waals surface area contributed by atoms with E-state index in [0.29, 0.717) is 6.04 Å². The third kappa shape index (κ3) is 3.33. The molecule has 1 fully saturated rings. The van der Waals surface area contributed by atoms with Gasteiger partial charge in [-0.05, 0) is 49.5 Å². The van der Waals surface area contributed by atoms with Gasteiger partial charge in [0, 0.05) is 31.2 Å². The van der Waals surface area contributed by atoms with Gasteiger partial charge in [0.25, 0.3) is 5.91 Å². The third-order valence-corrected chi connectivity index (χ3v) is 4.75. The van der Waals surface area contributed by atoms with Gasteiger partial charge in [0.05, 0.1) is 0 Å². The Labute approximate surface area is 133 Å². The van der Waals surface area contributed by atoms with E-state index in [1.165, 1.54) is 24.0 Å². The Bertz CT molecular complexity index is 523. The van der Waals surface area contributed by atoms with Gasteiger partial charge >= 0.3 is 0 Å². The maximum Gasteiger partial charge on any atom is 0.254 e. The van der Waals surface area contributed by atoms with Gasteiger partial charge in [-0.25, -0.2) is 0 Å². The van der Waals surface area contributed by atoms with Crippen LogP contribution in [0.5, 0.6) is 0 Å². The molecule has 1 aromatic rings. The van der Waals surface area contributed by atoms with Crippen LogP contribution < -0.4 is 10.6 Å². The highest BCUT2D eigenvalue weighted by Crippen LogP contribution is 2.27. The van der Waals surface area contributed by atoms with E-state index in [0.717, 1.165) is 51.1 Å². The third-order valence-electron chi connectivity index (χ3n) is 4.75. The molecule has 0 spiro atoms. The number of carbonyl (C=O) groups is 1. The highest BCUT2D eigenvalue weighted by atomic mass is 16.2. The van der Waals surface area contributed by atoms with Crippen molar-refractivity contribution in [3.05, 3.63) is 34.9 Å². The number of fused-ring (bicyclic) bond motifs is 1. The van der Waals surface area contributed by atoms with Crippen molar-refractivity contribution in [3.8, 4) is 0 Å². The van der Waals surface area contributed by atoms with E-state index in [9.17, 15) is 4.79 Å². The topological polar surface area (TPSA) is 44.4 Å². The maximum absolute atomic E-state index is 12.6. The zero-order valence-electron chi connectivity index (χ0n) is 13.5. The number of carbonyl (C=O) groups excluding carboxylic acids is 1. The molecule has 1 unspecified atom stereocenters. The normalized spacial score (nSPS) is 21.2. The second-order valence-electron chi connectivity index (χ2n) is 6.46. The van der Waals surface area contributed by atoms with E-state index in [1.807, 2.05) is 6.07 Å². The van der Waals surface area contributed by atoms with Crippen molar-refractivity contribution < 1.29 is 4.79 Å². The highest BCUT2D eigenvalue weighted by Gasteiger charge is 2.33. The summed E-state index contributed by atoms with van der Waals surface area (Å²) in [5, 5.41) is 6.88. The van der Waals surface area contributed by atoms with Crippen LogP contribution in [-0.4, -0.2) is 36.5 Å². The summed E-state index contributed by atoms with van der Waals surface area (Å²) >= 11 is 0. The van der Waals surface area contributed by atoms with Crippen molar-refractivity contribution in [1.82, 2.24) is 15.5 Å². The Morgan fingerprint density at radius 1 is 1.41 bits per heavy atom. The molecule has 2 aliphatic rings. The Kier molecular flexibility index (Phi) is 5.11. The molecule has 0 saturated carbocycles. The van der Waals surface area contributed by atoms with E-state index in [4.69, 9.17) is 0 Å². The van der Waals surface area contributed by atoms with Gasteiger partial charge in [-0.2, -0.15) is 0 Å². The number of benzene rings is 1. The summed E-state index contributed by atoms with van der Waals surface area (Å²) in [4.78, 5) is 14.6. The predicted molar refractivity (Wildman–Crippen MR) is 88.8 cm³/mol.